The van der Waals surface area contributed by atoms with Gasteiger partial charge < -0.3 is 9.26 Å². The third-order valence-corrected chi connectivity index (χ3v) is 2.49. The summed E-state index contributed by atoms with van der Waals surface area (Å²) in [5.41, 5.74) is 0.194. The standard InChI is InChI=1S/C14H15N3O5/c1-14(2,3)21-13(18)15-12-8-11(16-22-12)9-5-4-6-10(7-9)17(19)20/h4-8H,1-3H3,(H,15,18). The van der Waals surface area contributed by atoms with Gasteiger partial charge in [0.2, 0.25) is 5.88 Å². The lowest BCUT2D eigenvalue weighted by molar-refractivity contribution is -0.384. The first-order chi connectivity index (χ1) is 10.2. The molecule has 0 bridgehead atoms. The summed E-state index contributed by atoms with van der Waals surface area (Å²) >= 11 is 0. The summed E-state index contributed by atoms with van der Waals surface area (Å²) in [5.74, 6) is 0.0933. The van der Waals surface area contributed by atoms with Crippen LogP contribution in [0.2, 0.25) is 0 Å². The Kier molecular flexibility index (Phi) is 4.11. The SMILES string of the molecule is CC(C)(C)OC(=O)Nc1cc(-c2cccc([N+](=O)[O-])c2)no1. The number of amides is 1. The van der Waals surface area contributed by atoms with Gasteiger partial charge in [-0.1, -0.05) is 17.3 Å². The highest BCUT2D eigenvalue weighted by atomic mass is 16.6. The average molecular weight is 305 g/mol. The van der Waals surface area contributed by atoms with E-state index in [0.717, 1.165) is 0 Å². The van der Waals surface area contributed by atoms with Crippen molar-refractivity contribution in [3.8, 4) is 11.3 Å². The van der Waals surface area contributed by atoms with Crippen LogP contribution in [0.3, 0.4) is 0 Å². The van der Waals surface area contributed by atoms with Crippen molar-refractivity contribution in [3.63, 3.8) is 0 Å². The highest BCUT2D eigenvalue weighted by Gasteiger charge is 2.18. The molecule has 1 N–H and O–H groups in total. The van der Waals surface area contributed by atoms with Gasteiger partial charge in [-0.2, -0.15) is 0 Å². The van der Waals surface area contributed by atoms with Crippen LogP contribution >= 0.6 is 0 Å². The number of ether oxygens (including phenoxy) is 1. The Morgan fingerprint density at radius 2 is 2.09 bits per heavy atom. The molecule has 0 saturated carbocycles. The molecule has 8 heteroatoms. The maximum atomic E-state index is 11.6. The lowest BCUT2D eigenvalue weighted by Gasteiger charge is -2.18. The number of nitrogens with zero attached hydrogens (tertiary/aromatic N) is 2. The molecule has 1 heterocycles. The van der Waals surface area contributed by atoms with E-state index < -0.39 is 16.6 Å². The summed E-state index contributed by atoms with van der Waals surface area (Å²) in [4.78, 5) is 21.9. The van der Waals surface area contributed by atoms with E-state index in [2.05, 4.69) is 10.5 Å². The zero-order valence-electron chi connectivity index (χ0n) is 12.3. The number of nitro benzene ring substituents is 1. The molecular formula is C14H15N3O5. The molecule has 0 spiro atoms. The minimum atomic E-state index is -0.672. The van der Waals surface area contributed by atoms with Gasteiger partial charge in [0.25, 0.3) is 5.69 Å². The number of nitro groups is 1. The van der Waals surface area contributed by atoms with E-state index in [4.69, 9.17) is 9.26 Å². The van der Waals surface area contributed by atoms with Gasteiger partial charge in [0, 0.05) is 23.8 Å². The van der Waals surface area contributed by atoms with E-state index in [1.54, 1.807) is 32.9 Å². The summed E-state index contributed by atoms with van der Waals surface area (Å²) < 4.78 is 10.1. The Labute approximate surface area is 126 Å². The molecule has 1 aromatic heterocycles. The fraction of sp³-hybridized carbons (Fsp3) is 0.286. The van der Waals surface area contributed by atoms with Gasteiger partial charge >= 0.3 is 6.09 Å². The maximum Gasteiger partial charge on any atom is 0.414 e. The van der Waals surface area contributed by atoms with Crippen molar-refractivity contribution >= 4 is 17.7 Å². The lowest BCUT2D eigenvalue weighted by Crippen LogP contribution is -2.27. The number of non-ortho nitro benzene ring substituents is 1. The molecule has 2 aromatic rings. The van der Waals surface area contributed by atoms with Crippen LogP contribution in [-0.4, -0.2) is 21.8 Å². The largest absolute Gasteiger partial charge is 0.444 e. The predicted molar refractivity (Wildman–Crippen MR) is 78.5 cm³/mol. The second kappa shape index (κ2) is 5.84. The van der Waals surface area contributed by atoms with Crippen molar-refractivity contribution in [1.29, 1.82) is 0 Å². The van der Waals surface area contributed by atoms with Crippen LogP contribution in [-0.2, 0) is 4.74 Å². The zero-order chi connectivity index (χ0) is 16.3. The van der Waals surface area contributed by atoms with Crippen molar-refractivity contribution in [2.75, 3.05) is 5.32 Å². The van der Waals surface area contributed by atoms with Gasteiger partial charge in [-0.05, 0) is 20.8 Å². The Morgan fingerprint density at radius 1 is 1.36 bits per heavy atom. The smallest absolute Gasteiger partial charge is 0.414 e. The van der Waals surface area contributed by atoms with Gasteiger partial charge in [-0.25, -0.2) is 4.79 Å². The first kappa shape index (κ1) is 15.5. The first-order valence-corrected chi connectivity index (χ1v) is 6.46. The van der Waals surface area contributed by atoms with Crippen molar-refractivity contribution < 1.29 is 19.0 Å². The second-order valence-electron chi connectivity index (χ2n) is 5.51. The average Bonchev–Trinajstić information content (AvgIpc) is 2.85. The molecule has 0 saturated heterocycles. The lowest BCUT2D eigenvalue weighted by atomic mass is 10.1. The minimum absolute atomic E-state index is 0.0536. The quantitative estimate of drug-likeness (QED) is 0.685. The summed E-state index contributed by atoms with van der Waals surface area (Å²) in [5, 5.41) is 16.9. The molecule has 0 aliphatic heterocycles. The van der Waals surface area contributed by atoms with E-state index in [0.29, 0.717) is 11.3 Å². The van der Waals surface area contributed by atoms with Crippen LogP contribution in [0, 0.1) is 10.1 Å². The third kappa shape index (κ3) is 4.05. The summed E-state index contributed by atoms with van der Waals surface area (Å²) in [6, 6.07) is 7.41. The molecule has 8 nitrogen and oxygen atoms in total. The number of anilines is 1. The highest BCUT2D eigenvalue weighted by Crippen LogP contribution is 2.25. The number of carbonyl (C=O) groups excluding carboxylic acids is 1. The van der Waals surface area contributed by atoms with E-state index in [9.17, 15) is 14.9 Å². The van der Waals surface area contributed by atoms with E-state index in [1.165, 1.54) is 18.2 Å². The van der Waals surface area contributed by atoms with Gasteiger partial charge in [-0.15, -0.1) is 0 Å². The fourth-order valence-corrected chi connectivity index (χ4v) is 1.65. The minimum Gasteiger partial charge on any atom is -0.444 e. The Balaban J connectivity index is 2.13. The number of hydrogen-bond donors (Lipinski definition) is 1. The van der Waals surface area contributed by atoms with Crippen LogP contribution in [0.5, 0.6) is 0 Å². The van der Waals surface area contributed by atoms with Crippen LogP contribution in [0.15, 0.2) is 34.9 Å². The summed E-state index contributed by atoms with van der Waals surface area (Å²) in [7, 11) is 0. The van der Waals surface area contributed by atoms with E-state index in [-0.39, 0.29) is 11.6 Å². The molecule has 0 aliphatic carbocycles. The second-order valence-corrected chi connectivity index (χ2v) is 5.51. The zero-order valence-corrected chi connectivity index (χ0v) is 12.3. The normalized spacial score (nSPS) is 11.0. The van der Waals surface area contributed by atoms with Gasteiger partial charge in [0.15, 0.2) is 0 Å². The maximum absolute atomic E-state index is 11.6. The van der Waals surface area contributed by atoms with Crippen LogP contribution in [0.4, 0.5) is 16.4 Å². The van der Waals surface area contributed by atoms with Crippen molar-refractivity contribution in [1.82, 2.24) is 5.16 Å². The molecule has 0 atom stereocenters. The van der Waals surface area contributed by atoms with Crippen molar-refractivity contribution in [2.24, 2.45) is 0 Å². The predicted octanol–water partition coefficient (Wildman–Crippen LogP) is 3.60. The highest BCUT2D eigenvalue weighted by molar-refractivity contribution is 5.84. The van der Waals surface area contributed by atoms with Gasteiger partial charge in [0.05, 0.1) is 4.92 Å². The Hall–Kier alpha value is -2.90. The molecule has 0 unspecified atom stereocenters. The molecule has 2 rings (SSSR count). The van der Waals surface area contributed by atoms with Crippen molar-refractivity contribution in [3.05, 3.63) is 40.4 Å². The Morgan fingerprint density at radius 3 is 2.73 bits per heavy atom. The van der Waals surface area contributed by atoms with Crippen LogP contribution in [0.1, 0.15) is 20.8 Å². The van der Waals surface area contributed by atoms with Crippen LogP contribution in [0.25, 0.3) is 11.3 Å². The molecule has 1 aromatic carbocycles. The van der Waals surface area contributed by atoms with Crippen molar-refractivity contribution in [2.45, 2.75) is 26.4 Å². The van der Waals surface area contributed by atoms with Gasteiger partial charge in [-0.3, -0.25) is 15.4 Å². The van der Waals surface area contributed by atoms with Gasteiger partial charge in [0.1, 0.15) is 11.3 Å². The number of hydrogen-bond acceptors (Lipinski definition) is 6. The van der Waals surface area contributed by atoms with E-state index in [1.807, 2.05) is 0 Å². The number of carbonyl (C=O) groups is 1. The first-order valence-electron chi connectivity index (χ1n) is 6.46. The number of nitrogens with one attached hydrogen (secondary N) is 1. The molecule has 0 fully saturated rings. The number of rotatable bonds is 3. The molecule has 0 radical (unpaired) electrons. The molecular weight excluding hydrogens is 290 g/mol. The number of aromatic nitrogens is 1. The third-order valence-electron chi connectivity index (χ3n) is 2.49. The van der Waals surface area contributed by atoms with E-state index >= 15 is 0 Å². The fourth-order valence-electron chi connectivity index (χ4n) is 1.65. The monoisotopic (exact) mass is 305 g/mol. The molecule has 22 heavy (non-hydrogen) atoms. The molecule has 116 valence electrons. The molecule has 1 amide bonds. The Bertz CT molecular complexity index is 702. The number of benzene rings is 1. The van der Waals surface area contributed by atoms with Crippen LogP contribution < -0.4 is 5.32 Å². The topological polar surface area (TPSA) is 108 Å². The summed E-state index contributed by atoms with van der Waals surface area (Å²) in [6.07, 6.45) is -0.672. The summed E-state index contributed by atoms with van der Waals surface area (Å²) in [6.45, 7) is 5.21. The molecule has 0 aliphatic rings.